The summed E-state index contributed by atoms with van der Waals surface area (Å²) in [5.41, 5.74) is 3.34. The Morgan fingerprint density at radius 3 is 2.42 bits per heavy atom. The van der Waals surface area contributed by atoms with E-state index in [1.165, 1.54) is 18.3 Å². The van der Waals surface area contributed by atoms with E-state index in [1.54, 1.807) is 42.6 Å². The van der Waals surface area contributed by atoms with E-state index in [0.29, 0.717) is 32.9 Å². The second-order valence-corrected chi connectivity index (χ2v) is 9.28. The molecule has 8 nitrogen and oxygen atoms in total. The number of H-pyrrole nitrogens is 1. The highest BCUT2D eigenvalue weighted by Gasteiger charge is 2.21. The molecule has 0 amide bonds. The Labute approximate surface area is 230 Å². The summed E-state index contributed by atoms with van der Waals surface area (Å²) < 4.78 is 14.9. The van der Waals surface area contributed by atoms with Crippen molar-refractivity contribution in [2.45, 2.75) is 6.04 Å². The predicted molar refractivity (Wildman–Crippen MR) is 144 cm³/mol. The fraction of sp³-hybridized carbons (Fsp3) is 0.0385. The first-order chi connectivity index (χ1) is 18.4. The molecule has 0 unspecified atom stereocenters. The lowest BCUT2D eigenvalue weighted by molar-refractivity contribution is 0.632. The summed E-state index contributed by atoms with van der Waals surface area (Å²) in [6.07, 6.45) is 2.95. The van der Waals surface area contributed by atoms with Gasteiger partial charge in [0.05, 0.1) is 62.1 Å². The summed E-state index contributed by atoms with van der Waals surface area (Å²) in [7, 11) is 0. The second-order valence-electron chi connectivity index (χ2n) is 8.06. The van der Waals surface area contributed by atoms with Gasteiger partial charge in [-0.3, -0.25) is 4.98 Å². The van der Waals surface area contributed by atoms with Gasteiger partial charge in [-0.1, -0.05) is 46.9 Å². The monoisotopic (exact) mass is 562 g/mol. The number of halogens is 4. The summed E-state index contributed by atoms with van der Waals surface area (Å²) in [5.74, 6) is -0.764. The molecule has 2 heterocycles. The number of nitrogens with one attached hydrogen (secondary N) is 3. The van der Waals surface area contributed by atoms with Gasteiger partial charge in [-0.05, 0) is 42.0 Å². The minimum absolute atomic E-state index is 0.0240. The summed E-state index contributed by atoms with van der Waals surface area (Å²) in [4.78, 5) is 4.49. The number of rotatable bonds is 6. The van der Waals surface area contributed by atoms with Gasteiger partial charge >= 0.3 is 0 Å². The number of aromatic nitrogens is 4. The summed E-state index contributed by atoms with van der Waals surface area (Å²) in [6.45, 7) is 0. The van der Waals surface area contributed by atoms with E-state index in [4.69, 9.17) is 34.8 Å². The second kappa shape index (κ2) is 10.5. The van der Waals surface area contributed by atoms with E-state index in [1.807, 2.05) is 0 Å². The number of pyridine rings is 1. The zero-order valence-corrected chi connectivity index (χ0v) is 21.4. The van der Waals surface area contributed by atoms with E-state index in [0.717, 1.165) is 5.56 Å². The van der Waals surface area contributed by atoms with Crippen molar-refractivity contribution in [3.8, 4) is 12.1 Å². The third-order valence-electron chi connectivity index (χ3n) is 5.75. The van der Waals surface area contributed by atoms with E-state index < -0.39 is 11.9 Å². The highest BCUT2D eigenvalue weighted by Crippen LogP contribution is 2.39. The number of nitrogens with zero attached hydrogens (tertiary/aromatic N) is 5. The van der Waals surface area contributed by atoms with Gasteiger partial charge in [0.1, 0.15) is 11.8 Å². The van der Waals surface area contributed by atoms with Crippen LogP contribution in [0.5, 0.6) is 0 Å². The summed E-state index contributed by atoms with van der Waals surface area (Å²) in [6, 6.07) is 16.9. The van der Waals surface area contributed by atoms with Crippen molar-refractivity contribution in [2.75, 3.05) is 10.6 Å². The van der Waals surface area contributed by atoms with E-state index in [9.17, 15) is 14.9 Å². The van der Waals surface area contributed by atoms with Crippen LogP contribution in [0.15, 0.2) is 60.9 Å². The van der Waals surface area contributed by atoms with Crippen molar-refractivity contribution in [1.29, 1.82) is 10.5 Å². The number of benzene rings is 3. The number of hydrogen-bond acceptors (Lipinski definition) is 7. The van der Waals surface area contributed by atoms with Gasteiger partial charge in [0.25, 0.3) is 0 Å². The molecule has 1 atom stereocenters. The Balaban J connectivity index is 1.64. The first-order valence-corrected chi connectivity index (χ1v) is 12.1. The molecule has 0 spiro atoms. The lowest BCUT2D eigenvalue weighted by Crippen LogP contribution is -2.14. The van der Waals surface area contributed by atoms with Crippen molar-refractivity contribution in [1.82, 2.24) is 20.4 Å². The van der Waals surface area contributed by atoms with Gasteiger partial charge in [0.2, 0.25) is 0 Å². The van der Waals surface area contributed by atoms with Crippen LogP contribution in [0.2, 0.25) is 15.1 Å². The molecule has 0 aliphatic heterocycles. The van der Waals surface area contributed by atoms with Crippen molar-refractivity contribution in [3.05, 3.63) is 104 Å². The van der Waals surface area contributed by atoms with Gasteiger partial charge in [-0.2, -0.15) is 25.9 Å². The number of fused-ring (bicyclic) bond motifs is 1. The minimum Gasteiger partial charge on any atom is -0.371 e. The Kier molecular flexibility index (Phi) is 6.99. The quantitative estimate of drug-likeness (QED) is 0.187. The van der Waals surface area contributed by atoms with Gasteiger partial charge in [0, 0.05) is 16.6 Å². The standard InChI is InChI=1S/C26H14Cl3FN8/c27-16-7-17-24(35-19-6-5-18(28)22(29)23(19)30)15(10-32)11-33-26(17)20(8-16)36-25(21-12-34-38-37-21)14-3-1-13(9-31)2-4-14/h1-8,11-12,25,36H,(H,33,35)(H,34,37,38)/t25-/m0/s1. The van der Waals surface area contributed by atoms with Gasteiger partial charge < -0.3 is 10.6 Å². The maximum absolute atomic E-state index is 14.9. The zero-order chi connectivity index (χ0) is 26.8. The highest BCUT2D eigenvalue weighted by atomic mass is 35.5. The van der Waals surface area contributed by atoms with E-state index >= 15 is 0 Å². The first kappa shape index (κ1) is 25.2. The SMILES string of the molecule is N#Cc1ccc([C@H](Nc2cc(Cl)cc3c(Nc4ccc(Cl)c(Cl)c4F)c(C#N)cnc23)c2cn[nH]n2)cc1. The molecule has 186 valence electrons. The highest BCUT2D eigenvalue weighted by molar-refractivity contribution is 6.42. The molecule has 0 saturated carbocycles. The van der Waals surface area contributed by atoms with Gasteiger partial charge in [-0.15, -0.1) is 0 Å². The minimum atomic E-state index is -0.764. The Morgan fingerprint density at radius 2 is 1.74 bits per heavy atom. The van der Waals surface area contributed by atoms with Crippen molar-refractivity contribution in [3.63, 3.8) is 0 Å². The van der Waals surface area contributed by atoms with Gasteiger partial charge in [-0.25, -0.2) is 4.39 Å². The molecule has 2 aromatic heterocycles. The van der Waals surface area contributed by atoms with Crippen molar-refractivity contribution in [2.24, 2.45) is 0 Å². The number of nitriles is 2. The third kappa shape index (κ3) is 4.79. The predicted octanol–water partition coefficient (Wildman–Crippen LogP) is 7.14. The molecule has 0 aliphatic carbocycles. The molecule has 3 aromatic carbocycles. The molecule has 5 aromatic rings. The molecular weight excluding hydrogens is 550 g/mol. The van der Waals surface area contributed by atoms with Crippen LogP contribution < -0.4 is 10.6 Å². The fourth-order valence-electron chi connectivity index (χ4n) is 3.94. The topological polar surface area (TPSA) is 126 Å². The van der Waals surface area contributed by atoms with Crippen molar-refractivity contribution >= 4 is 62.8 Å². The maximum atomic E-state index is 14.9. The first-order valence-electron chi connectivity index (χ1n) is 10.9. The smallest absolute Gasteiger partial charge is 0.166 e. The summed E-state index contributed by atoms with van der Waals surface area (Å²) >= 11 is 18.4. The maximum Gasteiger partial charge on any atom is 0.166 e. The lowest BCUT2D eigenvalue weighted by atomic mass is 10.0. The van der Waals surface area contributed by atoms with Crippen LogP contribution in [0.1, 0.15) is 28.4 Å². The average Bonchev–Trinajstić information content (AvgIpc) is 3.47. The summed E-state index contributed by atoms with van der Waals surface area (Å²) in [5, 5.41) is 36.7. The van der Waals surface area contributed by atoms with Gasteiger partial charge in [0.15, 0.2) is 5.82 Å². The Morgan fingerprint density at radius 1 is 0.947 bits per heavy atom. The number of aromatic amines is 1. The van der Waals surface area contributed by atoms with Crippen LogP contribution in [0.3, 0.4) is 0 Å². The molecule has 5 rings (SSSR count). The molecule has 3 N–H and O–H groups in total. The lowest BCUT2D eigenvalue weighted by Gasteiger charge is -2.21. The molecule has 38 heavy (non-hydrogen) atoms. The molecule has 0 fully saturated rings. The number of anilines is 3. The molecule has 0 radical (unpaired) electrons. The fourth-order valence-corrected chi connectivity index (χ4v) is 4.47. The van der Waals surface area contributed by atoms with Crippen molar-refractivity contribution < 1.29 is 4.39 Å². The van der Waals surface area contributed by atoms with Crippen LogP contribution in [-0.4, -0.2) is 20.4 Å². The largest absolute Gasteiger partial charge is 0.371 e. The average molecular weight is 564 g/mol. The van der Waals surface area contributed by atoms with Crippen LogP contribution in [0, 0.1) is 28.5 Å². The Hall–Kier alpha value is -4.41. The molecule has 0 saturated heterocycles. The Bertz CT molecular complexity index is 1740. The number of hydrogen-bond donors (Lipinski definition) is 3. The van der Waals surface area contributed by atoms with Crippen LogP contribution in [-0.2, 0) is 0 Å². The van der Waals surface area contributed by atoms with E-state index in [-0.39, 0.29) is 27.0 Å². The molecule has 0 aliphatic rings. The normalized spacial score (nSPS) is 11.5. The van der Waals surface area contributed by atoms with E-state index in [2.05, 4.69) is 43.2 Å². The van der Waals surface area contributed by atoms with Crippen LogP contribution in [0.25, 0.3) is 10.9 Å². The van der Waals surface area contributed by atoms with Crippen LogP contribution >= 0.6 is 34.8 Å². The molecule has 0 bridgehead atoms. The zero-order valence-electron chi connectivity index (χ0n) is 19.1. The third-order valence-corrected chi connectivity index (χ3v) is 6.75. The molecule has 12 heteroatoms. The van der Waals surface area contributed by atoms with Crippen LogP contribution in [0.4, 0.5) is 21.5 Å². The molecular formula is C26H14Cl3FN8.